The number of hydrogen-bond acceptors (Lipinski definition) is 4. The van der Waals surface area contributed by atoms with Crippen molar-refractivity contribution in [3.05, 3.63) is 0 Å². The van der Waals surface area contributed by atoms with Gasteiger partial charge in [-0.1, -0.05) is 110 Å². The first-order valence-electron chi connectivity index (χ1n) is 12.0. The van der Waals surface area contributed by atoms with Crippen LogP contribution >= 0.6 is 0 Å². The van der Waals surface area contributed by atoms with Crippen LogP contribution in [-0.4, -0.2) is 29.4 Å². The minimum atomic E-state index is -4.17. The fourth-order valence-electron chi connectivity index (χ4n) is 3.82. The Morgan fingerprint density at radius 1 is 0.621 bits per heavy atom. The first kappa shape index (κ1) is 32.7. The van der Waals surface area contributed by atoms with Crippen molar-refractivity contribution >= 4 is 10.1 Å². The van der Waals surface area contributed by atoms with E-state index in [0.717, 1.165) is 70.6 Å². The van der Waals surface area contributed by atoms with Gasteiger partial charge < -0.3 is 9.66 Å². The molecule has 0 fully saturated rings. The van der Waals surface area contributed by atoms with Crippen LogP contribution in [0.25, 0.3) is 0 Å². The third-order valence-electron chi connectivity index (χ3n) is 5.74. The fourth-order valence-corrected chi connectivity index (χ4v) is 4.73. The van der Waals surface area contributed by atoms with E-state index in [-0.39, 0.29) is 57.5 Å². The molecule has 2 unspecified atom stereocenters. The summed E-state index contributed by atoms with van der Waals surface area (Å²) in [6, 6.07) is 0. The normalized spacial score (nSPS) is 13.8. The minimum Gasteiger partial charge on any atom is -0.748 e. The topological polar surface area (TPSA) is 77.4 Å². The summed E-state index contributed by atoms with van der Waals surface area (Å²) in [6.07, 6.45) is 19.3. The summed E-state index contributed by atoms with van der Waals surface area (Å²) >= 11 is 0. The molecule has 0 bridgehead atoms. The number of aliphatic hydroxyl groups excluding tert-OH is 1. The molecule has 0 radical (unpaired) electrons. The summed E-state index contributed by atoms with van der Waals surface area (Å²) in [7, 11) is -4.17. The number of aliphatic hydroxyl groups is 1. The van der Waals surface area contributed by atoms with Gasteiger partial charge >= 0.3 is 51.4 Å². The Morgan fingerprint density at radius 3 is 1.31 bits per heavy atom. The van der Waals surface area contributed by atoms with Gasteiger partial charge in [-0.2, -0.15) is 0 Å². The van der Waals surface area contributed by atoms with Crippen molar-refractivity contribution < 1.29 is 69.5 Å². The first-order valence-corrected chi connectivity index (χ1v) is 13.5. The predicted molar refractivity (Wildman–Crippen MR) is 119 cm³/mol. The maximum absolute atomic E-state index is 11.4. The zero-order valence-corrected chi connectivity index (χ0v) is 23.6. The van der Waals surface area contributed by atoms with Crippen LogP contribution < -0.4 is 51.4 Å². The van der Waals surface area contributed by atoms with Crippen molar-refractivity contribution in [2.75, 3.05) is 0 Å². The number of hydrogen-bond donors (Lipinski definition) is 1. The van der Waals surface area contributed by atoms with Crippen LogP contribution in [0.5, 0.6) is 0 Å². The molecule has 0 saturated heterocycles. The molecule has 0 aliphatic rings. The molecule has 0 heterocycles. The standard InChI is InChI=1S/C23H48O4S.K/c1-3-5-7-9-10-11-14-18-22(24)19-15-12-13-17-21-23(28(25,26)27)20-16-8-6-4-2;/h22-24H,3-21H2,1-2H3,(H,25,26,27);/q;+1/p-1. The van der Waals surface area contributed by atoms with Gasteiger partial charge in [0.1, 0.15) is 0 Å². The van der Waals surface area contributed by atoms with Gasteiger partial charge in [0.15, 0.2) is 0 Å². The van der Waals surface area contributed by atoms with E-state index in [0.29, 0.717) is 12.8 Å². The van der Waals surface area contributed by atoms with Crippen LogP contribution in [0, 0.1) is 0 Å². The third kappa shape index (κ3) is 22.5. The second kappa shape index (κ2) is 22.7. The van der Waals surface area contributed by atoms with Gasteiger partial charge in [0, 0.05) is 5.25 Å². The summed E-state index contributed by atoms with van der Waals surface area (Å²) < 4.78 is 34.2. The van der Waals surface area contributed by atoms with Crippen molar-refractivity contribution in [3.63, 3.8) is 0 Å². The smallest absolute Gasteiger partial charge is 0.748 e. The van der Waals surface area contributed by atoms with Gasteiger partial charge in [-0.25, -0.2) is 8.42 Å². The van der Waals surface area contributed by atoms with Gasteiger partial charge in [-0.05, 0) is 25.7 Å². The number of unbranched alkanes of at least 4 members (excludes halogenated alkanes) is 12. The van der Waals surface area contributed by atoms with E-state index in [1.807, 2.05) is 0 Å². The third-order valence-corrected chi connectivity index (χ3v) is 7.03. The molecule has 6 heteroatoms. The zero-order valence-electron chi connectivity index (χ0n) is 19.7. The molecule has 0 aromatic rings. The van der Waals surface area contributed by atoms with Crippen LogP contribution in [0.2, 0.25) is 0 Å². The second-order valence-corrected chi connectivity index (χ2v) is 10.2. The fraction of sp³-hybridized carbons (Fsp3) is 1.00. The van der Waals surface area contributed by atoms with Gasteiger partial charge in [0.05, 0.1) is 16.2 Å². The molecule has 2 atom stereocenters. The second-order valence-electron chi connectivity index (χ2n) is 8.52. The minimum absolute atomic E-state index is 0. The quantitative estimate of drug-likeness (QED) is 0.162. The van der Waals surface area contributed by atoms with Crippen LogP contribution in [0.1, 0.15) is 136 Å². The van der Waals surface area contributed by atoms with E-state index in [1.54, 1.807) is 0 Å². The van der Waals surface area contributed by atoms with Gasteiger partial charge in [-0.3, -0.25) is 0 Å². The summed E-state index contributed by atoms with van der Waals surface area (Å²) in [6.45, 7) is 4.35. The molecule has 170 valence electrons. The van der Waals surface area contributed by atoms with Crippen molar-refractivity contribution in [3.8, 4) is 0 Å². The maximum Gasteiger partial charge on any atom is 1.00 e. The average Bonchev–Trinajstić information content (AvgIpc) is 2.64. The summed E-state index contributed by atoms with van der Waals surface area (Å²) in [5.41, 5.74) is 0. The van der Waals surface area contributed by atoms with Gasteiger partial charge in [0.25, 0.3) is 0 Å². The molecule has 0 aromatic heterocycles. The van der Waals surface area contributed by atoms with Gasteiger partial charge in [-0.15, -0.1) is 0 Å². The monoisotopic (exact) mass is 458 g/mol. The molecule has 0 rings (SSSR count). The Hall–Kier alpha value is 1.51. The van der Waals surface area contributed by atoms with E-state index in [4.69, 9.17) is 0 Å². The SMILES string of the molecule is CCCCCCCCCC(O)CCCCCCC(CCCCCC)S(=O)(=O)[O-].[K+]. The molecule has 0 spiro atoms. The van der Waals surface area contributed by atoms with Crippen LogP contribution in [0.3, 0.4) is 0 Å². The Labute approximate surface area is 224 Å². The molecule has 0 aliphatic carbocycles. The van der Waals surface area contributed by atoms with Gasteiger partial charge in [0.2, 0.25) is 0 Å². The van der Waals surface area contributed by atoms with Crippen molar-refractivity contribution in [1.82, 2.24) is 0 Å². The first-order chi connectivity index (χ1) is 13.4. The van der Waals surface area contributed by atoms with Crippen molar-refractivity contribution in [1.29, 1.82) is 0 Å². The molecule has 0 aromatic carbocycles. The summed E-state index contributed by atoms with van der Waals surface area (Å²) in [5, 5.41) is 9.36. The Morgan fingerprint density at radius 2 is 0.931 bits per heavy atom. The Bertz CT molecular complexity index is 429. The summed E-state index contributed by atoms with van der Waals surface area (Å²) in [4.78, 5) is 0. The molecule has 0 aliphatic heterocycles. The van der Waals surface area contributed by atoms with Crippen LogP contribution in [0.15, 0.2) is 0 Å². The van der Waals surface area contributed by atoms with Crippen LogP contribution in [-0.2, 0) is 10.1 Å². The van der Waals surface area contributed by atoms with E-state index in [1.165, 1.54) is 38.5 Å². The Kier molecular flexibility index (Phi) is 25.6. The number of rotatable bonds is 21. The van der Waals surface area contributed by atoms with E-state index in [9.17, 15) is 18.1 Å². The summed E-state index contributed by atoms with van der Waals surface area (Å²) in [5.74, 6) is 0. The zero-order chi connectivity index (χ0) is 21.1. The van der Waals surface area contributed by atoms with E-state index >= 15 is 0 Å². The Balaban J connectivity index is 0. The molecular formula is C23H47KO4S. The average molecular weight is 459 g/mol. The van der Waals surface area contributed by atoms with Crippen molar-refractivity contribution in [2.24, 2.45) is 0 Å². The van der Waals surface area contributed by atoms with Crippen LogP contribution in [0.4, 0.5) is 0 Å². The van der Waals surface area contributed by atoms with Crippen molar-refractivity contribution in [2.45, 2.75) is 147 Å². The largest absolute Gasteiger partial charge is 1.00 e. The maximum atomic E-state index is 11.4. The molecule has 0 saturated carbocycles. The molecular weight excluding hydrogens is 411 g/mol. The predicted octanol–water partition coefficient (Wildman–Crippen LogP) is 3.72. The molecule has 0 amide bonds. The van der Waals surface area contributed by atoms with E-state index in [2.05, 4.69) is 13.8 Å². The molecule has 29 heavy (non-hydrogen) atoms. The van der Waals surface area contributed by atoms with E-state index < -0.39 is 15.4 Å². The molecule has 4 nitrogen and oxygen atoms in total. The molecule has 1 N–H and O–H groups in total.